The van der Waals surface area contributed by atoms with Gasteiger partial charge in [-0.15, -0.1) is 0 Å². The van der Waals surface area contributed by atoms with Crippen LogP contribution in [0.5, 0.6) is 0 Å². The predicted octanol–water partition coefficient (Wildman–Crippen LogP) is 5.17. The van der Waals surface area contributed by atoms with Gasteiger partial charge in [0.15, 0.2) is 0 Å². The molecule has 1 unspecified atom stereocenters. The quantitative estimate of drug-likeness (QED) is 0.477. The number of hydrogen-bond donors (Lipinski definition) is 2. The molecule has 2 aromatic carbocycles. The van der Waals surface area contributed by atoms with Gasteiger partial charge in [0.2, 0.25) is 5.91 Å². The lowest BCUT2D eigenvalue weighted by molar-refractivity contribution is -0.117. The largest absolute Gasteiger partial charge is 0.353 e. The molecule has 0 aliphatic heterocycles. The van der Waals surface area contributed by atoms with E-state index in [0.717, 1.165) is 39.5 Å². The van der Waals surface area contributed by atoms with Gasteiger partial charge >= 0.3 is 0 Å². The molecule has 2 N–H and O–H groups in total. The third-order valence-corrected chi connectivity index (χ3v) is 5.06. The molecule has 4 aromatic rings. The van der Waals surface area contributed by atoms with Crippen LogP contribution in [0.25, 0.3) is 27.9 Å². The number of carbonyl (C=O) groups is 1. The number of amides is 1. The van der Waals surface area contributed by atoms with E-state index in [0.29, 0.717) is 0 Å². The number of aromatic amines is 1. The molecule has 28 heavy (non-hydrogen) atoms. The third-order valence-electron chi connectivity index (χ3n) is 5.06. The monoisotopic (exact) mass is 369 g/mol. The van der Waals surface area contributed by atoms with Gasteiger partial charge in [-0.1, -0.05) is 49.4 Å². The summed E-state index contributed by atoms with van der Waals surface area (Å²) >= 11 is 0. The maximum atomic E-state index is 12.3. The van der Waals surface area contributed by atoms with Gasteiger partial charge in [-0.05, 0) is 42.7 Å². The Morgan fingerprint density at radius 2 is 1.89 bits per heavy atom. The van der Waals surface area contributed by atoms with Crippen LogP contribution in [0.2, 0.25) is 0 Å². The number of pyridine rings is 1. The molecule has 4 nitrogen and oxygen atoms in total. The molecule has 1 atom stereocenters. The summed E-state index contributed by atoms with van der Waals surface area (Å²) < 4.78 is 0. The van der Waals surface area contributed by atoms with Gasteiger partial charge < -0.3 is 10.3 Å². The molecule has 0 saturated carbocycles. The summed E-state index contributed by atoms with van der Waals surface area (Å²) in [5, 5.41) is 5.27. The number of H-pyrrole nitrogens is 1. The Morgan fingerprint density at radius 1 is 1.11 bits per heavy atom. The number of para-hydroxylation sites is 1. The summed E-state index contributed by atoms with van der Waals surface area (Å²) in [6, 6.07) is 18.5. The number of rotatable bonds is 5. The van der Waals surface area contributed by atoms with Crippen LogP contribution in [0.4, 0.5) is 0 Å². The van der Waals surface area contributed by atoms with Gasteiger partial charge in [0.1, 0.15) is 0 Å². The zero-order chi connectivity index (χ0) is 19.5. The van der Waals surface area contributed by atoms with Crippen LogP contribution in [-0.4, -0.2) is 15.9 Å². The first-order chi connectivity index (χ1) is 13.6. The molecule has 0 aliphatic rings. The number of nitrogens with zero attached hydrogens (tertiary/aromatic N) is 1. The van der Waals surface area contributed by atoms with Gasteiger partial charge in [-0.3, -0.25) is 9.78 Å². The van der Waals surface area contributed by atoms with Crippen molar-refractivity contribution in [2.45, 2.75) is 26.3 Å². The Kier molecular flexibility index (Phi) is 4.94. The minimum absolute atomic E-state index is 0.0490. The number of nitrogens with one attached hydrogen (secondary N) is 2. The molecule has 0 radical (unpaired) electrons. The number of benzene rings is 2. The summed E-state index contributed by atoms with van der Waals surface area (Å²) in [5.41, 5.74) is 5.22. The normalized spacial score (nSPS) is 12.6. The number of carbonyl (C=O) groups excluding carboxylic acids is 1. The highest BCUT2D eigenvalue weighted by Crippen LogP contribution is 2.25. The Morgan fingerprint density at radius 3 is 2.68 bits per heavy atom. The molecule has 1 amide bonds. The van der Waals surface area contributed by atoms with Crippen molar-refractivity contribution < 1.29 is 4.79 Å². The Balaban J connectivity index is 1.48. The summed E-state index contributed by atoms with van der Waals surface area (Å²) in [7, 11) is 0. The van der Waals surface area contributed by atoms with Gasteiger partial charge in [0.25, 0.3) is 0 Å². The van der Waals surface area contributed by atoms with E-state index in [9.17, 15) is 4.79 Å². The molecule has 4 rings (SSSR count). The van der Waals surface area contributed by atoms with Gasteiger partial charge in [0.05, 0.1) is 23.4 Å². The lowest BCUT2D eigenvalue weighted by atomic mass is 10.0. The standard InChI is InChI=1S/C24H23N3O/c1-3-17-8-10-18(11-9-17)16(2)26-24(28)13-12-19-14-21-20-6-4-5-7-22(20)27-23(21)15-25-19/h4-16,27H,3H2,1-2H3,(H,26,28)/b13-12+. The van der Waals surface area contributed by atoms with Crippen LogP contribution in [0, 0.1) is 0 Å². The van der Waals surface area contributed by atoms with Crippen LogP contribution in [0.3, 0.4) is 0 Å². The molecule has 0 aliphatic carbocycles. The minimum Gasteiger partial charge on any atom is -0.353 e. The van der Waals surface area contributed by atoms with Crippen molar-refractivity contribution in [2.24, 2.45) is 0 Å². The lowest BCUT2D eigenvalue weighted by Gasteiger charge is -2.13. The van der Waals surface area contributed by atoms with E-state index in [1.165, 1.54) is 5.56 Å². The molecule has 2 heterocycles. The van der Waals surface area contributed by atoms with Crippen molar-refractivity contribution in [1.29, 1.82) is 0 Å². The Labute approximate surface area is 164 Å². The van der Waals surface area contributed by atoms with E-state index in [2.05, 4.69) is 52.5 Å². The van der Waals surface area contributed by atoms with E-state index < -0.39 is 0 Å². The maximum absolute atomic E-state index is 12.3. The van der Waals surface area contributed by atoms with Crippen LogP contribution in [0.1, 0.15) is 36.7 Å². The van der Waals surface area contributed by atoms with Crippen LogP contribution in [-0.2, 0) is 11.2 Å². The Bertz CT molecular complexity index is 1160. The van der Waals surface area contributed by atoms with Crippen molar-refractivity contribution >= 4 is 33.8 Å². The van der Waals surface area contributed by atoms with Crippen molar-refractivity contribution in [3.63, 3.8) is 0 Å². The van der Waals surface area contributed by atoms with E-state index in [1.807, 2.05) is 37.4 Å². The minimum atomic E-state index is -0.132. The fraction of sp³-hybridized carbons (Fsp3) is 0.167. The van der Waals surface area contributed by atoms with Crippen molar-refractivity contribution in [3.05, 3.63) is 83.7 Å². The number of aryl methyl sites for hydroxylation is 1. The summed E-state index contributed by atoms with van der Waals surface area (Å²) in [4.78, 5) is 20.1. The topological polar surface area (TPSA) is 57.8 Å². The molecule has 0 saturated heterocycles. The summed E-state index contributed by atoms with van der Waals surface area (Å²) in [5.74, 6) is -0.132. The van der Waals surface area contributed by atoms with Gasteiger partial charge in [-0.25, -0.2) is 0 Å². The van der Waals surface area contributed by atoms with E-state index in [4.69, 9.17) is 0 Å². The zero-order valence-electron chi connectivity index (χ0n) is 16.1. The summed E-state index contributed by atoms with van der Waals surface area (Å²) in [6.45, 7) is 4.12. The molecule has 4 heteroatoms. The molecular weight excluding hydrogens is 346 g/mol. The molecule has 0 spiro atoms. The second kappa shape index (κ2) is 7.69. The highest BCUT2D eigenvalue weighted by molar-refractivity contribution is 6.07. The van der Waals surface area contributed by atoms with Crippen LogP contribution < -0.4 is 5.32 Å². The van der Waals surface area contributed by atoms with Crippen LogP contribution >= 0.6 is 0 Å². The van der Waals surface area contributed by atoms with E-state index in [-0.39, 0.29) is 11.9 Å². The highest BCUT2D eigenvalue weighted by atomic mass is 16.1. The van der Waals surface area contributed by atoms with Gasteiger partial charge in [0, 0.05) is 22.4 Å². The maximum Gasteiger partial charge on any atom is 0.244 e. The Hall–Kier alpha value is -3.40. The molecular formula is C24H23N3O. The molecule has 140 valence electrons. The average Bonchev–Trinajstić information content (AvgIpc) is 3.10. The molecule has 2 aromatic heterocycles. The summed E-state index contributed by atoms with van der Waals surface area (Å²) in [6.07, 6.45) is 6.12. The fourth-order valence-corrected chi connectivity index (χ4v) is 3.41. The van der Waals surface area contributed by atoms with E-state index in [1.54, 1.807) is 12.2 Å². The molecule has 0 bridgehead atoms. The van der Waals surface area contributed by atoms with Crippen molar-refractivity contribution in [1.82, 2.24) is 15.3 Å². The van der Waals surface area contributed by atoms with Crippen LogP contribution in [0.15, 0.2) is 66.9 Å². The number of aromatic nitrogens is 2. The lowest BCUT2D eigenvalue weighted by Crippen LogP contribution is -2.24. The smallest absolute Gasteiger partial charge is 0.244 e. The van der Waals surface area contributed by atoms with E-state index >= 15 is 0 Å². The van der Waals surface area contributed by atoms with Crippen molar-refractivity contribution in [2.75, 3.05) is 0 Å². The molecule has 0 fully saturated rings. The third kappa shape index (κ3) is 3.67. The fourth-order valence-electron chi connectivity index (χ4n) is 3.41. The number of fused-ring (bicyclic) bond motifs is 3. The highest BCUT2D eigenvalue weighted by Gasteiger charge is 2.08. The first-order valence-electron chi connectivity index (χ1n) is 9.58. The van der Waals surface area contributed by atoms with Crippen molar-refractivity contribution in [3.8, 4) is 0 Å². The first-order valence-corrected chi connectivity index (χ1v) is 9.58. The second-order valence-electron chi connectivity index (χ2n) is 6.98. The second-order valence-corrected chi connectivity index (χ2v) is 6.98. The SMILES string of the molecule is CCc1ccc(C(C)NC(=O)/C=C/c2cc3c(cn2)[nH]c2ccccc23)cc1. The predicted molar refractivity (Wildman–Crippen MR) is 115 cm³/mol. The average molecular weight is 369 g/mol. The number of hydrogen-bond acceptors (Lipinski definition) is 2. The first kappa shape index (κ1) is 18.0. The van der Waals surface area contributed by atoms with Gasteiger partial charge in [-0.2, -0.15) is 0 Å². The zero-order valence-corrected chi connectivity index (χ0v) is 16.1.